The number of aromatic carboxylic acids is 1. The fraction of sp³-hybridized carbons (Fsp3) is 0.167. The van der Waals surface area contributed by atoms with Crippen molar-refractivity contribution in [2.45, 2.75) is 12.8 Å². The van der Waals surface area contributed by atoms with E-state index < -0.39 is 5.97 Å². The quantitative estimate of drug-likeness (QED) is 0.820. The zero-order valence-corrected chi connectivity index (χ0v) is 8.68. The summed E-state index contributed by atoms with van der Waals surface area (Å²) in [6.45, 7) is 0. The van der Waals surface area contributed by atoms with Crippen LogP contribution in [0.2, 0.25) is 0 Å². The summed E-state index contributed by atoms with van der Waals surface area (Å²) in [4.78, 5) is 17.8. The predicted octanol–water partition coefficient (Wildman–Crippen LogP) is 1.89. The molecule has 0 saturated carbocycles. The van der Waals surface area contributed by atoms with E-state index in [1.54, 1.807) is 24.7 Å². The van der Waals surface area contributed by atoms with E-state index in [9.17, 15) is 4.79 Å². The van der Waals surface area contributed by atoms with Crippen LogP contribution in [-0.2, 0) is 12.8 Å². The van der Waals surface area contributed by atoms with Crippen LogP contribution in [0.25, 0.3) is 0 Å². The number of rotatable bonds is 4. The average molecular weight is 216 g/mol. The van der Waals surface area contributed by atoms with Crippen molar-refractivity contribution in [1.29, 1.82) is 0 Å². The topological polar surface area (TPSA) is 66.0 Å². The molecule has 0 aliphatic heterocycles. The van der Waals surface area contributed by atoms with Gasteiger partial charge in [-0.1, -0.05) is 6.07 Å². The molecule has 0 radical (unpaired) electrons. The maximum atomic E-state index is 10.9. The first-order valence-electron chi connectivity index (χ1n) is 5.06. The number of H-pyrrole nitrogens is 1. The molecule has 82 valence electrons. The Balaban J connectivity index is 2.05. The third-order valence-corrected chi connectivity index (χ3v) is 2.45. The summed E-state index contributed by atoms with van der Waals surface area (Å²) in [6, 6.07) is 5.44. The van der Waals surface area contributed by atoms with Gasteiger partial charge in [0.1, 0.15) is 0 Å². The Bertz CT molecular complexity index is 477. The molecule has 4 heteroatoms. The van der Waals surface area contributed by atoms with Crippen LogP contribution in [0, 0.1) is 0 Å². The Morgan fingerprint density at radius 2 is 2.25 bits per heavy atom. The van der Waals surface area contributed by atoms with Crippen LogP contribution >= 0.6 is 0 Å². The Hall–Kier alpha value is -2.10. The molecule has 0 bridgehead atoms. The van der Waals surface area contributed by atoms with Gasteiger partial charge in [-0.05, 0) is 30.5 Å². The average Bonchev–Trinajstić information content (AvgIpc) is 2.76. The van der Waals surface area contributed by atoms with Crippen molar-refractivity contribution in [2.24, 2.45) is 0 Å². The van der Waals surface area contributed by atoms with E-state index in [2.05, 4.69) is 9.97 Å². The molecule has 16 heavy (non-hydrogen) atoms. The molecule has 0 saturated heterocycles. The smallest absolute Gasteiger partial charge is 0.337 e. The molecule has 0 amide bonds. The first kappa shape index (κ1) is 10.4. The third kappa shape index (κ3) is 2.28. The van der Waals surface area contributed by atoms with E-state index in [1.165, 1.54) is 0 Å². The Morgan fingerprint density at radius 1 is 1.38 bits per heavy atom. The van der Waals surface area contributed by atoms with E-state index in [0.29, 0.717) is 12.0 Å². The number of pyridine rings is 1. The maximum absolute atomic E-state index is 10.9. The van der Waals surface area contributed by atoms with Crippen LogP contribution in [0.15, 0.2) is 36.8 Å². The lowest BCUT2D eigenvalue weighted by atomic mass is 10.1. The van der Waals surface area contributed by atoms with Crippen LogP contribution in [0.3, 0.4) is 0 Å². The molecule has 0 aromatic carbocycles. The molecule has 0 aliphatic carbocycles. The molecule has 4 nitrogen and oxygen atoms in total. The minimum Gasteiger partial charge on any atom is -0.478 e. The van der Waals surface area contributed by atoms with Crippen LogP contribution in [0.4, 0.5) is 0 Å². The van der Waals surface area contributed by atoms with Crippen LogP contribution < -0.4 is 0 Å². The number of hydrogen-bond donors (Lipinski definition) is 2. The Labute approximate surface area is 93.0 Å². The number of carboxylic acid groups (broad SMARTS) is 1. The van der Waals surface area contributed by atoms with E-state index in [0.717, 1.165) is 17.7 Å². The molecule has 0 fully saturated rings. The number of carboxylic acids is 1. The SMILES string of the molecule is O=C(O)c1cc[nH]c1CCc1cccnc1. The third-order valence-electron chi connectivity index (χ3n) is 2.45. The first-order valence-corrected chi connectivity index (χ1v) is 5.06. The van der Waals surface area contributed by atoms with Crippen molar-refractivity contribution in [2.75, 3.05) is 0 Å². The van der Waals surface area contributed by atoms with E-state index in [-0.39, 0.29) is 0 Å². The van der Waals surface area contributed by atoms with Gasteiger partial charge in [-0.25, -0.2) is 4.79 Å². The van der Waals surface area contributed by atoms with Crippen LogP contribution in [0.1, 0.15) is 21.6 Å². The molecule has 2 aromatic rings. The van der Waals surface area contributed by atoms with Crippen LogP contribution in [-0.4, -0.2) is 21.0 Å². The summed E-state index contributed by atoms with van der Waals surface area (Å²) >= 11 is 0. The van der Waals surface area contributed by atoms with Crippen molar-refractivity contribution in [1.82, 2.24) is 9.97 Å². The monoisotopic (exact) mass is 216 g/mol. The second kappa shape index (κ2) is 4.61. The molecular weight excluding hydrogens is 204 g/mol. The number of aryl methyl sites for hydroxylation is 2. The van der Waals surface area contributed by atoms with Gasteiger partial charge in [-0.3, -0.25) is 4.98 Å². The van der Waals surface area contributed by atoms with Crippen molar-refractivity contribution < 1.29 is 9.90 Å². The van der Waals surface area contributed by atoms with Crippen molar-refractivity contribution in [3.8, 4) is 0 Å². The highest BCUT2D eigenvalue weighted by molar-refractivity contribution is 5.88. The van der Waals surface area contributed by atoms with Gasteiger partial charge in [0.05, 0.1) is 5.56 Å². The Kier molecular flexibility index (Phi) is 3.00. The van der Waals surface area contributed by atoms with Gasteiger partial charge in [0.2, 0.25) is 0 Å². The second-order valence-corrected chi connectivity index (χ2v) is 3.54. The molecule has 2 heterocycles. The minimum absolute atomic E-state index is 0.351. The zero-order chi connectivity index (χ0) is 11.4. The van der Waals surface area contributed by atoms with Gasteiger partial charge >= 0.3 is 5.97 Å². The summed E-state index contributed by atoms with van der Waals surface area (Å²) in [5, 5.41) is 8.92. The number of aromatic nitrogens is 2. The van der Waals surface area contributed by atoms with Gasteiger partial charge in [0, 0.05) is 24.3 Å². The molecule has 0 unspecified atom stereocenters. The largest absolute Gasteiger partial charge is 0.478 e. The van der Waals surface area contributed by atoms with Gasteiger partial charge < -0.3 is 10.1 Å². The lowest BCUT2D eigenvalue weighted by Crippen LogP contribution is -2.01. The van der Waals surface area contributed by atoms with Crippen molar-refractivity contribution >= 4 is 5.97 Å². The highest BCUT2D eigenvalue weighted by atomic mass is 16.4. The first-order chi connectivity index (χ1) is 7.77. The summed E-state index contributed by atoms with van der Waals surface area (Å²) in [5.74, 6) is -0.887. The summed E-state index contributed by atoms with van der Waals surface area (Å²) in [5.41, 5.74) is 2.22. The molecule has 2 rings (SSSR count). The second-order valence-electron chi connectivity index (χ2n) is 3.54. The molecule has 2 N–H and O–H groups in total. The predicted molar refractivity (Wildman–Crippen MR) is 59.4 cm³/mol. The highest BCUT2D eigenvalue weighted by Crippen LogP contribution is 2.10. The molecule has 2 aromatic heterocycles. The highest BCUT2D eigenvalue weighted by Gasteiger charge is 2.10. The zero-order valence-electron chi connectivity index (χ0n) is 8.68. The van der Waals surface area contributed by atoms with Crippen LogP contribution in [0.5, 0.6) is 0 Å². The number of carbonyl (C=O) groups is 1. The minimum atomic E-state index is -0.887. The molecule has 0 spiro atoms. The van der Waals surface area contributed by atoms with E-state index >= 15 is 0 Å². The molecule has 0 atom stereocenters. The Morgan fingerprint density at radius 3 is 2.94 bits per heavy atom. The number of nitrogens with zero attached hydrogens (tertiary/aromatic N) is 1. The summed E-state index contributed by atoms with van der Waals surface area (Å²) in [6.07, 6.45) is 6.64. The van der Waals surface area contributed by atoms with Gasteiger partial charge in [-0.15, -0.1) is 0 Å². The standard InChI is InChI=1S/C12H12N2O2/c15-12(16)10-5-7-14-11(10)4-3-9-2-1-6-13-8-9/h1-2,5-8,14H,3-4H2,(H,15,16). The number of aromatic amines is 1. The van der Waals surface area contributed by atoms with Gasteiger partial charge in [0.25, 0.3) is 0 Å². The van der Waals surface area contributed by atoms with E-state index in [1.807, 2.05) is 12.1 Å². The summed E-state index contributed by atoms with van der Waals surface area (Å²) < 4.78 is 0. The van der Waals surface area contributed by atoms with Crippen molar-refractivity contribution in [3.63, 3.8) is 0 Å². The number of hydrogen-bond acceptors (Lipinski definition) is 2. The molecular formula is C12H12N2O2. The lowest BCUT2D eigenvalue weighted by Gasteiger charge is -2.01. The van der Waals surface area contributed by atoms with E-state index in [4.69, 9.17) is 5.11 Å². The van der Waals surface area contributed by atoms with Gasteiger partial charge in [-0.2, -0.15) is 0 Å². The normalized spacial score (nSPS) is 10.2. The fourth-order valence-corrected chi connectivity index (χ4v) is 1.63. The van der Waals surface area contributed by atoms with Crippen molar-refractivity contribution in [3.05, 3.63) is 53.6 Å². The number of nitrogens with one attached hydrogen (secondary N) is 1. The van der Waals surface area contributed by atoms with Gasteiger partial charge in [0.15, 0.2) is 0 Å². The summed E-state index contributed by atoms with van der Waals surface area (Å²) in [7, 11) is 0. The fourth-order valence-electron chi connectivity index (χ4n) is 1.63. The molecule has 0 aliphatic rings. The lowest BCUT2D eigenvalue weighted by molar-refractivity contribution is 0.0696. The maximum Gasteiger partial charge on any atom is 0.337 e.